The number of carbonyl (C=O) groups is 2. The average molecular weight is 346 g/mol. The summed E-state index contributed by atoms with van der Waals surface area (Å²) in [4.78, 5) is 31.4. The van der Waals surface area contributed by atoms with Gasteiger partial charge in [-0.2, -0.15) is 0 Å². The van der Waals surface area contributed by atoms with Crippen LogP contribution in [0.1, 0.15) is 13.3 Å². The van der Waals surface area contributed by atoms with Crippen molar-refractivity contribution in [3.05, 3.63) is 0 Å². The summed E-state index contributed by atoms with van der Waals surface area (Å²) in [5.41, 5.74) is 0. The van der Waals surface area contributed by atoms with Crippen molar-refractivity contribution in [2.24, 2.45) is 0 Å². The second kappa shape index (κ2) is 8.47. The van der Waals surface area contributed by atoms with Gasteiger partial charge in [0.2, 0.25) is 0 Å². The number of rotatable bonds is 10. The highest BCUT2D eigenvalue weighted by molar-refractivity contribution is 5.85. The maximum atomic E-state index is 12.8. The molecule has 10 heteroatoms. The van der Waals surface area contributed by atoms with Gasteiger partial charge in [-0.3, -0.25) is 19.6 Å². The molecule has 0 aromatic rings. The Balaban J connectivity index is 2.30. The molecule has 0 radical (unpaired) electrons. The number of ether oxygens (including phenoxy) is 4. The molecule has 0 bridgehead atoms. The molecule has 0 aromatic carbocycles. The average Bonchev–Trinajstić information content (AvgIpc) is 2.97. The van der Waals surface area contributed by atoms with Gasteiger partial charge >= 0.3 is 12.1 Å². The van der Waals surface area contributed by atoms with Crippen LogP contribution in [-0.4, -0.2) is 98.9 Å². The molecule has 24 heavy (non-hydrogen) atoms. The number of carbonyl (C=O) groups excluding carboxylic acids is 2. The predicted octanol–water partition coefficient (Wildman–Crippen LogP) is 0.310. The third kappa shape index (κ3) is 3.27. The van der Waals surface area contributed by atoms with E-state index in [9.17, 15) is 9.59 Å². The second-order valence-corrected chi connectivity index (χ2v) is 5.56. The van der Waals surface area contributed by atoms with Gasteiger partial charge in [0.1, 0.15) is 26.9 Å². The fourth-order valence-electron chi connectivity index (χ4n) is 3.01. The molecule has 0 saturated carbocycles. The van der Waals surface area contributed by atoms with Crippen LogP contribution in [0.3, 0.4) is 0 Å². The zero-order valence-electron chi connectivity index (χ0n) is 14.6. The number of methoxy groups -OCH3 is 3. The molecule has 2 heterocycles. The minimum absolute atomic E-state index is 0.0668. The zero-order chi connectivity index (χ0) is 17.7. The van der Waals surface area contributed by atoms with Crippen molar-refractivity contribution in [2.45, 2.75) is 25.7 Å². The van der Waals surface area contributed by atoms with Crippen molar-refractivity contribution < 1.29 is 28.5 Å². The lowest BCUT2D eigenvalue weighted by atomic mass is 10.3. The van der Waals surface area contributed by atoms with E-state index >= 15 is 0 Å². The first-order chi connectivity index (χ1) is 11.6. The van der Waals surface area contributed by atoms with E-state index in [-0.39, 0.29) is 39.0 Å². The SMILES string of the molecule is CCCOCN1C(=O)N(COC)C2C1N(COC)C(=O)N2COC. The lowest BCUT2D eigenvalue weighted by Crippen LogP contribution is -2.48. The molecule has 2 aliphatic heterocycles. The van der Waals surface area contributed by atoms with Gasteiger partial charge < -0.3 is 18.9 Å². The lowest BCUT2D eigenvalue weighted by molar-refractivity contribution is -0.0215. The summed E-state index contributed by atoms with van der Waals surface area (Å²) < 4.78 is 21.0. The zero-order valence-corrected chi connectivity index (χ0v) is 14.6. The highest BCUT2D eigenvalue weighted by atomic mass is 16.5. The molecule has 2 saturated heterocycles. The molecule has 0 N–H and O–H groups in total. The van der Waals surface area contributed by atoms with Crippen molar-refractivity contribution >= 4 is 12.1 Å². The first-order valence-corrected chi connectivity index (χ1v) is 7.81. The summed E-state index contributed by atoms with van der Waals surface area (Å²) in [5.74, 6) is 0. The van der Waals surface area contributed by atoms with E-state index < -0.39 is 12.3 Å². The molecule has 0 aliphatic carbocycles. The summed E-state index contributed by atoms with van der Waals surface area (Å²) in [7, 11) is 4.51. The number of urea groups is 2. The molecule has 2 fully saturated rings. The van der Waals surface area contributed by atoms with Crippen LogP contribution in [0.4, 0.5) is 9.59 Å². The van der Waals surface area contributed by atoms with E-state index in [1.54, 1.807) is 0 Å². The van der Waals surface area contributed by atoms with Crippen LogP contribution in [0.15, 0.2) is 0 Å². The van der Waals surface area contributed by atoms with Gasteiger partial charge in [0, 0.05) is 27.9 Å². The Labute approximate surface area is 141 Å². The quantitative estimate of drug-likeness (QED) is 0.530. The maximum Gasteiger partial charge on any atom is 0.327 e. The van der Waals surface area contributed by atoms with Crippen molar-refractivity contribution in [1.82, 2.24) is 19.6 Å². The molecule has 138 valence electrons. The van der Waals surface area contributed by atoms with Gasteiger partial charge in [0.25, 0.3) is 0 Å². The Bertz CT molecular complexity index is 447. The van der Waals surface area contributed by atoms with Gasteiger partial charge in [-0.25, -0.2) is 9.59 Å². The number of fused-ring (bicyclic) bond motifs is 1. The van der Waals surface area contributed by atoms with Crippen LogP contribution in [0.2, 0.25) is 0 Å². The summed E-state index contributed by atoms with van der Waals surface area (Å²) in [6.07, 6.45) is -0.202. The fraction of sp³-hybridized carbons (Fsp3) is 0.857. The van der Waals surface area contributed by atoms with Crippen molar-refractivity contribution in [1.29, 1.82) is 0 Å². The number of hydrogen-bond acceptors (Lipinski definition) is 6. The first-order valence-electron chi connectivity index (χ1n) is 7.81. The summed E-state index contributed by atoms with van der Waals surface area (Å²) >= 11 is 0. The van der Waals surface area contributed by atoms with Gasteiger partial charge in [-0.1, -0.05) is 6.92 Å². The van der Waals surface area contributed by atoms with Crippen molar-refractivity contribution in [3.63, 3.8) is 0 Å². The Hall–Kier alpha value is -1.62. The summed E-state index contributed by atoms with van der Waals surface area (Å²) in [5, 5.41) is 0. The number of nitrogens with zero attached hydrogens (tertiary/aromatic N) is 4. The minimum Gasteiger partial charge on any atom is -0.364 e. The molecule has 2 aliphatic rings. The van der Waals surface area contributed by atoms with E-state index in [1.165, 1.54) is 40.9 Å². The number of amides is 4. The Morgan fingerprint density at radius 2 is 1.12 bits per heavy atom. The van der Waals surface area contributed by atoms with Crippen LogP contribution in [0, 0.1) is 0 Å². The molecule has 2 unspecified atom stereocenters. The summed E-state index contributed by atoms with van der Waals surface area (Å²) in [6, 6.07) is -0.513. The standard InChI is InChI=1S/C14H26N4O6/c1-5-6-24-10-18-12-11(16(8-22-3)14(18)20)15(7-21-2)13(19)17(12)9-23-4/h11-12H,5-10H2,1-4H3. The molecule has 4 amide bonds. The first kappa shape index (κ1) is 18.7. The van der Waals surface area contributed by atoms with E-state index in [1.807, 2.05) is 6.92 Å². The van der Waals surface area contributed by atoms with E-state index in [4.69, 9.17) is 18.9 Å². The third-order valence-corrected chi connectivity index (χ3v) is 3.91. The van der Waals surface area contributed by atoms with Crippen LogP contribution >= 0.6 is 0 Å². The second-order valence-electron chi connectivity index (χ2n) is 5.56. The Kier molecular flexibility index (Phi) is 6.60. The minimum atomic E-state index is -0.523. The van der Waals surface area contributed by atoms with Gasteiger partial charge in [0.15, 0.2) is 12.3 Å². The predicted molar refractivity (Wildman–Crippen MR) is 82.5 cm³/mol. The normalized spacial score (nSPS) is 23.7. The van der Waals surface area contributed by atoms with Gasteiger partial charge in [0.05, 0.1) is 0 Å². The van der Waals surface area contributed by atoms with Crippen molar-refractivity contribution in [2.75, 3.05) is 54.9 Å². The molecule has 2 atom stereocenters. The van der Waals surface area contributed by atoms with Gasteiger partial charge in [-0.05, 0) is 6.42 Å². The topological polar surface area (TPSA) is 84.0 Å². The highest BCUT2D eigenvalue weighted by Crippen LogP contribution is 2.34. The van der Waals surface area contributed by atoms with E-state index in [0.717, 1.165) is 6.42 Å². The monoisotopic (exact) mass is 346 g/mol. The lowest BCUT2D eigenvalue weighted by Gasteiger charge is -2.28. The largest absolute Gasteiger partial charge is 0.364 e. The highest BCUT2D eigenvalue weighted by Gasteiger charge is 2.59. The van der Waals surface area contributed by atoms with E-state index in [2.05, 4.69) is 0 Å². The molecule has 0 spiro atoms. The molecular formula is C14H26N4O6. The van der Waals surface area contributed by atoms with E-state index in [0.29, 0.717) is 6.61 Å². The molecule has 0 aromatic heterocycles. The smallest absolute Gasteiger partial charge is 0.327 e. The third-order valence-electron chi connectivity index (χ3n) is 3.91. The molecule has 2 rings (SSSR count). The molecule has 10 nitrogen and oxygen atoms in total. The fourth-order valence-corrected chi connectivity index (χ4v) is 3.01. The van der Waals surface area contributed by atoms with Crippen LogP contribution in [0.5, 0.6) is 0 Å². The van der Waals surface area contributed by atoms with Crippen LogP contribution in [0.25, 0.3) is 0 Å². The Morgan fingerprint density at radius 1 is 0.750 bits per heavy atom. The van der Waals surface area contributed by atoms with Crippen molar-refractivity contribution in [3.8, 4) is 0 Å². The van der Waals surface area contributed by atoms with Crippen LogP contribution in [-0.2, 0) is 18.9 Å². The maximum absolute atomic E-state index is 12.8. The molecular weight excluding hydrogens is 320 g/mol. The van der Waals surface area contributed by atoms with Crippen LogP contribution < -0.4 is 0 Å². The Morgan fingerprint density at radius 3 is 1.46 bits per heavy atom. The van der Waals surface area contributed by atoms with Gasteiger partial charge in [-0.15, -0.1) is 0 Å². The number of hydrogen-bond donors (Lipinski definition) is 0. The summed E-state index contributed by atoms with van der Waals surface area (Å²) in [6.45, 7) is 2.82.